The molecule has 0 fully saturated rings. The van der Waals surface area contributed by atoms with Gasteiger partial charge in [-0.15, -0.1) is 0 Å². The zero-order valence-electron chi connectivity index (χ0n) is 11.0. The molecule has 0 saturated carbocycles. The van der Waals surface area contributed by atoms with Crippen LogP contribution in [0, 0.1) is 17.6 Å². The van der Waals surface area contributed by atoms with Crippen LogP contribution in [0.15, 0.2) is 12.1 Å². The van der Waals surface area contributed by atoms with E-state index in [0.717, 1.165) is 23.9 Å². The second kappa shape index (κ2) is 5.99. The number of alkyl halides is 1. The molecule has 0 aromatic heterocycles. The minimum atomic E-state index is -1.11. The number of amides is 1. The number of hydrogen-bond donors (Lipinski definition) is 0. The van der Waals surface area contributed by atoms with Gasteiger partial charge in [0.2, 0.25) is 0 Å². The number of hydrogen-bond acceptors (Lipinski definition) is 2. The van der Waals surface area contributed by atoms with Crippen molar-refractivity contribution in [2.24, 2.45) is 5.92 Å². The summed E-state index contributed by atoms with van der Waals surface area (Å²) in [5, 5.41) is 0.859. The van der Waals surface area contributed by atoms with Gasteiger partial charge in [-0.1, -0.05) is 22.9 Å². The van der Waals surface area contributed by atoms with Crippen LogP contribution < -0.4 is 4.90 Å². The average Bonchev–Trinajstić information content (AvgIpc) is 2.62. The summed E-state index contributed by atoms with van der Waals surface area (Å²) >= 11 is 3.34. The molecule has 0 radical (unpaired) electrons. The Bertz CT molecular complexity index is 562. The molecule has 6 heteroatoms. The van der Waals surface area contributed by atoms with E-state index in [0.29, 0.717) is 18.9 Å². The molecule has 1 aliphatic rings. The zero-order chi connectivity index (χ0) is 14.9. The molecule has 1 heterocycles. The highest BCUT2D eigenvalue weighted by molar-refractivity contribution is 9.09. The average molecular weight is 346 g/mol. The van der Waals surface area contributed by atoms with E-state index in [1.807, 2.05) is 6.92 Å². The molecule has 0 aliphatic carbocycles. The first-order valence-corrected chi connectivity index (χ1v) is 7.49. The number of carbonyl (C=O) groups excluding carboxylic acids is 2. The minimum absolute atomic E-state index is 0.0537. The van der Waals surface area contributed by atoms with Crippen LogP contribution in [-0.2, 0) is 4.79 Å². The number of nitrogens with zero attached hydrogens (tertiary/aromatic N) is 1. The Kier molecular flexibility index (Phi) is 4.52. The largest absolute Gasteiger partial charge is 0.305 e. The lowest BCUT2D eigenvalue weighted by molar-refractivity contribution is -0.114. The summed E-state index contributed by atoms with van der Waals surface area (Å²) in [6, 6.07) is 1.72. The van der Waals surface area contributed by atoms with Gasteiger partial charge in [0, 0.05) is 17.9 Å². The number of rotatable bonds is 5. The van der Waals surface area contributed by atoms with E-state index < -0.39 is 23.3 Å². The maximum Gasteiger partial charge on any atom is 0.299 e. The first-order chi connectivity index (χ1) is 9.45. The molecule has 3 nitrogen and oxygen atoms in total. The summed E-state index contributed by atoms with van der Waals surface area (Å²) in [5.74, 6) is -3.28. The van der Waals surface area contributed by atoms with Crippen molar-refractivity contribution in [3.63, 3.8) is 0 Å². The second-order valence-electron chi connectivity index (χ2n) is 4.94. The molecular weight excluding hydrogens is 332 g/mol. The lowest BCUT2D eigenvalue weighted by Gasteiger charge is -2.19. The predicted molar refractivity (Wildman–Crippen MR) is 75.2 cm³/mol. The third kappa shape index (κ3) is 2.75. The summed E-state index contributed by atoms with van der Waals surface area (Å²) in [6.07, 6.45) is 1.64. The molecule has 1 aromatic carbocycles. The smallest absolute Gasteiger partial charge is 0.299 e. The molecule has 20 heavy (non-hydrogen) atoms. The van der Waals surface area contributed by atoms with Gasteiger partial charge in [0.15, 0.2) is 11.6 Å². The maximum absolute atomic E-state index is 13.3. The van der Waals surface area contributed by atoms with E-state index in [2.05, 4.69) is 15.9 Å². The summed E-state index contributed by atoms with van der Waals surface area (Å²) in [4.78, 5) is 24.9. The second-order valence-corrected chi connectivity index (χ2v) is 5.73. The van der Waals surface area contributed by atoms with Crippen LogP contribution >= 0.6 is 15.9 Å². The minimum Gasteiger partial charge on any atom is -0.305 e. The highest BCUT2D eigenvalue weighted by Crippen LogP contribution is 2.31. The van der Waals surface area contributed by atoms with E-state index >= 15 is 0 Å². The molecule has 1 amide bonds. The van der Waals surface area contributed by atoms with Crippen molar-refractivity contribution in [2.75, 3.05) is 16.8 Å². The fourth-order valence-corrected chi connectivity index (χ4v) is 2.97. The number of ketones is 1. The van der Waals surface area contributed by atoms with Crippen molar-refractivity contribution in [1.82, 2.24) is 0 Å². The van der Waals surface area contributed by atoms with E-state index in [1.165, 1.54) is 4.90 Å². The van der Waals surface area contributed by atoms with Gasteiger partial charge in [0.1, 0.15) is 0 Å². The Balaban J connectivity index is 2.22. The molecule has 0 saturated heterocycles. The zero-order valence-corrected chi connectivity index (χ0v) is 12.5. The molecular formula is C14H14BrF2NO2. The Morgan fingerprint density at radius 3 is 2.50 bits per heavy atom. The first kappa shape index (κ1) is 15.1. The molecule has 0 bridgehead atoms. The summed E-state index contributed by atoms with van der Waals surface area (Å²) in [5.41, 5.74) is 0.118. The van der Waals surface area contributed by atoms with E-state index in [-0.39, 0.29) is 11.3 Å². The van der Waals surface area contributed by atoms with Gasteiger partial charge in [-0.3, -0.25) is 9.59 Å². The van der Waals surface area contributed by atoms with Gasteiger partial charge in [0.25, 0.3) is 11.7 Å². The van der Waals surface area contributed by atoms with Crippen LogP contribution in [0.2, 0.25) is 0 Å². The van der Waals surface area contributed by atoms with Crippen LogP contribution in [0.5, 0.6) is 0 Å². The van der Waals surface area contributed by atoms with Crippen LogP contribution in [0.3, 0.4) is 0 Å². The predicted octanol–water partition coefficient (Wildman–Crippen LogP) is 3.31. The van der Waals surface area contributed by atoms with Crippen molar-refractivity contribution in [3.8, 4) is 0 Å². The number of halogens is 3. The molecule has 0 spiro atoms. The van der Waals surface area contributed by atoms with Crippen LogP contribution in [-0.4, -0.2) is 23.6 Å². The summed E-state index contributed by atoms with van der Waals surface area (Å²) in [7, 11) is 0. The third-order valence-corrected chi connectivity index (χ3v) is 3.92. The quantitative estimate of drug-likeness (QED) is 0.606. The molecule has 0 N–H and O–H groups in total. The monoisotopic (exact) mass is 345 g/mol. The molecule has 1 aliphatic heterocycles. The van der Waals surface area contributed by atoms with E-state index in [1.54, 1.807) is 0 Å². The standard InChI is InChI=1S/C14H14BrF2NO2/c1-8(2-4-15)3-5-18-12-7-11(17)10(16)6-9(12)13(19)14(18)20/h6-8H,2-5H2,1H3. The van der Waals surface area contributed by atoms with Crippen LogP contribution in [0.4, 0.5) is 14.5 Å². The van der Waals surface area contributed by atoms with Gasteiger partial charge in [-0.05, 0) is 24.8 Å². The normalized spacial score (nSPS) is 15.7. The topological polar surface area (TPSA) is 37.4 Å². The van der Waals surface area contributed by atoms with E-state index in [9.17, 15) is 18.4 Å². The highest BCUT2D eigenvalue weighted by Gasteiger charge is 2.36. The number of carbonyl (C=O) groups is 2. The Hall–Kier alpha value is -1.30. The number of anilines is 1. The number of benzene rings is 1. The molecule has 2 rings (SSSR count). The fraction of sp³-hybridized carbons (Fsp3) is 0.429. The molecule has 108 valence electrons. The molecule has 1 unspecified atom stereocenters. The number of fused-ring (bicyclic) bond motifs is 1. The van der Waals surface area contributed by atoms with Gasteiger partial charge in [-0.25, -0.2) is 8.78 Å². The van der Waals surface area contributed by atoms with Gasteiger partial charge in [0.05, 0.1) is 11.3 Å². The van der Waals surface area contributed by atoms with E-state index in [4.69, 9.17) is 0 Å². The van der Waals surface area contributed by atoms with Crippen LogP contribution in [0.25, 0.3) is 0 Å². The Labute approximate surface area is 124 Å². The lowest BCUT2D eigenvalue weighted by atomic mass is 10.1. The number of Topliss-reactive ketones (excluding diaryl/α,β-unsaturated/α-hetero) is 1. The van der Waals surface area contributed by atoms with Crippen molar-refractivity contribution in [1.29, 1.82) is 0 Å². The van der Waals surface area contributed by atoms with Gasteiger partial charge in [-0.2, -0.15) is 0 Å². The van der Waals surface area contributed by atoms with Crippen LogP contribution in [0.1, 0.15) is 30.1 Å². The van der Waals surface area contributed by atoms with Crippen molar-refractivity contribution in [3.05, 3.63) is 29.3 Å². The summed E-state index contributed by atoms with van der Waals surface area (Å²) in [6.45, 7) is 2.37. The third-order valence-electron chi connectivity index (χ3n) is 3.46. The Morgan fingerprint density at radius 2 is 1.85 bits per heavy atom. The van der Waals surface area contributed by atoms with Crippen molar-refractivity contribution < 1.29 is 18.4 Å². The molecule has 1 aromatic rings. The lowest BCUT2D eigenvalue weighted by Crippen LogP contribution is -2.31. The molecule has 1 atom stereocenters. The van der Waals surface area contributed by atoms with Crippen molar-refractivity contribution in [2.45, 2.75) is 19.8 Å². The fourth-order valence-electron chi connectivity index (χ4n) is 2.19. The highest BCUT2D eigenvalue weighted by atomic mass is 79.9. The SMILES string of the molecule is CC(CCBr)CCN1C(=O)C(=O)c2cc(F)c(F)cc21. The first-order valence-electron chi connectivity index (χ1n) is 6.37. The maximum atomic E-state index is 13.3. The van der Waals surface area contributed by atoms with Gasteiger partial charge < -0.3 is 4.90 Å². The van der Waals surface area contributed by atoms with Crippen molar-refractivity contribution >= 4 is 33.3 Å². The Morgan fingerprint density at radius 1 is 1.20 bits per heavy atom. The summed E-state index contributed by atoms with van der Waals surface area (Å²) < 4.78 is 26.4. The van der Waals surface area contributed by atoms with Gasteiger partial charge >= 0.3 is 0 Å².